The van der Waals surface area contributed by atoms with E-state index >= 15 is 0 Å². The molecular formula is C28H29F5N2O4S. The minimum atomic E-state index is -5.18. The normalized spacial score (nSPS) is 28.3. The molecule has 1 aliphatic heterocycles. The number of piperazine rings is 1. The Bertz CT molecular complexity index is 1460. The molecule has 2 fully saturated rings. The summed E-state index contributed by atoms with van der Waals surface area (Å²) in [4.78, 5) is 27.3. The van der Waals surface area contributed by atoms with Gasteiger partial charge in [0.05, 0.1) is 4.90 Å². The lowest BCUT2D eigenvalue weighted by Gasteiger charge is -2.43. The maximum atomic E-state index is 14.9. The predicted octanol–water partition coefficient (Wildman–Crippen LogP) is 4.56. The van der Waals surface area contributed by atoms with Crippen LogP contribution in [0.4, 0.5) is 22.0 Å². The highest BCUT2D eigenvalue weighted by Gasteiger charge is 2.62. The molecule has 0 aromatic heterocycles. The Morgan fingerprint density at radius 3 is 2.40 bits per heavy atom. The lowest BCUT2D eigenvalue weighted by Crippen LogP contribution is -2.58. The third-order valence-corrected chi connectivity index (χ3v) is 11.6. The van der Waals surface area contributed by atoms with Crippen molar-refractivity contribution in [2.75, 3.05) is 13.1 Å². The van der Waals surface area contributed by atoms with Crippen molar-refractivity contribution in [3.05, 3.63) is 65.0 Å². The molecule has 2 aromatic rings. The van der Waals surface area contributed by atoms with Crippen LogP contribution in [0.15, 0.2) is 47.4 Å². The van der Waals surface area contributed by atoms with Gasteiger partial charge in [-0.3, -0.25) is 9.59 Å². The van der Waals surface area contributed by atoms with E-state index in [1.807, 2.05) is 0 Å². The number of carbonyl (C=O) groups is 2. The average molecular weight is 585 g/mol. The maximum absolute atomic E-state index is 14.9. The highest BCUT2D eigenvalue weighted by Crippen LogP contribution is 2.60. The maximum Gasteiger partial charge on any atom is 0.426 e. The van der Waals surface area contributed by atoms with Gasteiger partial charge in [0.2, 0.25) is 17.5 Å². The number of nitrogens with one attached hydrogen (secondary N) is 1. The first-order chi connectivity index (χ1) is 18.6. The molecule has 0 radical (unpaired) electrons. The molecule has 0 spiro atoms. The number of alkyl halides is 4. The predicted molar refractivity (Wildman–Crippen MR) is 135 cm³/mol. The van der Waals surface area contributed by atoms with Crippen molar-refractivity contribution in [3.63, 3.8) is 0 Å². The third-order valence-electron chi connectivity index (χ3n) is 8.97. The summed E-state index contributed by atoms with van der Waals surface area (Å²) >= 11 is 0. The quantitative estimate of drug-likeness (QED) is 0.422. The highest BCUT2D eigenvalue weighted by molar-refractivity contribution is 7.92. The molecule has 2 amide bonds. The van der Waals surface area contributed by atoms with Gasteiger partial charge in [0.1, 0.15) is 16.6 Å². The Morgan fingerprint density at radius 1 is 1.07 bits per heavy atom. The van der Waals surface area contributed by atoms with Gasteiger partial charge in [0, 0.05) is 19.0 Å². The first-order valence-electron chi connectivity index (χ1n) is 13.1. The highest BCUT2D eigenvalue weighted by atomic mass is 32.2. The number of carbonyl (C=O) groups excluding carboxylic acids is 2. The van der Waals surface area contributed by atoms with E-state index in [0.29, 0.717) is 6.92 Å². The zero-order valence-corrected chi connectivity index (χ0v) is 22.7. The van der Waals surface area contributed by atoms with Crippen LogP contribution in [0.1, 0.15) is 49.8 Å². The van der Waals surface area contributed by atoms with Gasteiger partial charge in [-0.25, -0.2) is 17.2 Å². The number of amides is 2. The number of benzene rings is 2. The number of hydrogen-bond acceptors (Lipinski definition) is 4. The SMILES string of the molecule is CC1C(=O)NCCN1C(=O)[C@@H]1CC[C@@]2(S(=O)(=O)c3ccc(F)cc3)c3ccc(C(C)(F)C(F)(F)F)cc3CC[C@@H]12. The summed E-state index contributed by atoms with van der Waals surface area (Å²) in [5.41, 5.74) is -3.78. The Morgan fingerprint density at radius 2 is 1.75 bits per heavy atom. The summed E-state index contributed by atoms with van der Waals surface area (Å²) in [6.07, 6.45) is -4.74. The van der Waals surface area contributed by atoms with Crippen molar-refractivity contribution in [2.24, 2.45) is 11.8 Å². The van der Waals surface area contributed by atoms with Crippen LogP contribution >= 0.6 is 0 Å². The van der Waals surface area contributed by atoms with E-state index in [1.165, 1.54) is 11.0 Å². The third kappa shape index (κ3) is 4.12. The molecule has 6 nitrogen and oxygen atoms in total. The minimum Gasteiger partial charge on any atom is -0.353 e. The van der Waals surface area contributed by atoms with Gasteiger partial charge in [0.15, 0.2) is 9.84 Å². The van der Waals surface area contributed by atoms with E-state index in [1.54, 1.807) is 6.92 Å². The van der Waals surface area contributed by atoms with E-state index in [2.05, 4.69) is 5.32 Å². The fourth-order valence-electron chi connectivity index (χ4n) is 6.72. The van der Waals surface area contributed by atoms with Crippen LogP contribution in [-0.4, -0.2) is 50.4 Å². The second kappa shape index (κ2) is 9.53. The molecule has 1 heterocycles. The average Bonchev–Trinajstić information content (AvgIpc) is 3.31. The Balaban J connectivity index is 1.65. The Kier molecular flexibility index (Phi) is 6.79. The molecule has 40 heavy (non-hydrogen) atoms. The smallest absolute Gasteiger partial charge is 0.353 e. The molecule has 0 bridgehead atoms. The van der Waals surface area contributed by atoms with Crippen LogP contribution < -0.4 is 5.32 Å². The molecule has 5 rings (SSSR count). The van der Waals surface area contributed by atoms with Crippen LogP contribution in [0.25, 0.3) is 0 Å². The number of nitrogens with zero attached hydrogens (tertiary/aromatic N) is 1. The summed E-state index contributed by atoms with van der Waals surface area (Å²) < 4.78 is 96.2. The van der Waals surface area contributed by atoms with Gasteiger partial charge in [-0.15, -0.1) is 0 Å². The fourth-order valence-corrected chi connectivity index (χ4v) is 9.20. The van der Waals surface area contributed by atoms with Crippen molar-refractivity contribution < 1.29 is 40.0 Å². The van der Waals surface area contributed by atoms with E-state index < -0.39 is 55.7 Å². The summed E-state index contributed by atoms with van der Waals surface area (Å²) in [6, 6.07) is 6.82. The molecule has 1 saturated heterocycles. The van der Waals surface area contributed by atoms with Crippen LogP contribution in [0.3, 0.4) is 0 Å². The van der Waals surface area contributed by atoms with Crippen LogP contribution in [-0.2, 0) is 36.3 Å². The van der Waals surface area contributed by atoms with Crippen LogP contribution in [0, 0.1) is 17.7 Å². The number of halogens is 5. The van der Waals surface area contributed by atoms with E-state index in [9.17, 15) is 40.0 Å². The second-order valence-corrected chi connectivity index (χ2v) is 13.2. The number of rotatable bonds is 4. The van der Waals surface area contributed by atoms with Crippen molar-refractivity contribution in [1.29, 1.82) is 0 Å². The number of aryl methyl sites for hydroxylation is 1. The molecule has 216 valence electrons. The lowest BCUT2D eigenvalue weighted by molar-refractivity contribution is -0.228. The van der Waals surface area contributed by atoms with Gasteiger partial charge >= 0.3 is 6.18 Å². The molecule has 3 aliphatic rings. The zero-order valence-electron chi connectivity index (χ0n) is 21.9. The molecular weight excluding hydrogens is 555 g/mol. The second-order valence-electron chi connectivity index (χ2n) is 11.0. The molecule has 1 N–H and O–H groups in total. The van der Waals surface area contributed by atoms with Crippen LogP contribution in [0.5, 0.6) is 0 Å². The van der Waals surface area contributed by atoms with Crippen molar-refractivity contribution in [1.82, 2.24) is 10.2 Å². The lowest BCUT2D eigenvalue weighted by atomic mass is 9.72. The van der Waals surface area contributed by atoms with E-state index in [4.69, 9.17) is 0 Å². The number of hydrogen-bond donors (Lipinski definition) is 1. The van der Waals surface area contributed by atoms with E-state index in [-0.39, 0.29) is 66.6 Å². The standard InChI is InChI=1S/C28H29F5N2O4S/c1-16-24(36)34-13-14-35(16)25(37)21-11-12-27(40(38,39)20-7-5-19(29)6-8-20)22-10-4-18(26(2,30)28(31,32)33)15-17(22)3-9-23(21)27/h4-8,10,15-16,21,23H,3,9,11-14H2,1-2H3,(H,34,36)/t16?,21-,23+,26?,27-/m1/s1. The van der Waals surface area contributed by atoms with Crippen molar-refractivity contribution in [2.45, 2.75) is 67.1 Å². The molecule has 12 heteroatoms. The zero-order chi connectivity index (χ0) is 29.3. The van der Waals surface area contributed by atoms with Gasteiger partial charge < -0.3 is 10.2 Å². The summed E-state index contributed by atoms with van der Waals surface area (Å²) in [7, 11) is -4.32. The Hall–Kier alpha value is -3.02. The minimum absolute atomic E-state index is 0.0132. The van der Waals surface area contributed by atoms with E-state index in [0.717, 1.165) is 36.4 Å². The first kappa shape index (κ1) is 28.5. The molecule has 1 saturated carbocycles. The molecule has 2 aliphatic carbocycles. The fraction of sp³-hybridized carbons (Fsp3) is 0.500. The first-order valence-corrected chi connectivity index (χ1v) is 14.6. The summed E-state index contributed by atoms with van der Waals surface area (Å²) in [5, 5.41) is 2.69. The van der Waals surface area contributed by atoms with Crippen LogP contribution in [0.2, 0.25) is 0 Å². The molecule has 5 atom stereocenters. The summed E-state index contributed by atoms with van der Waals surface area (Å²) in [6.45, 7) is 2.54. The monoisotopic (exact) mass is 584 g/mol. The number of sulfone groups is 1. The van der Waals surface area contributed by atoms with Crippen molar-refractivity contribution >= 4 is 21.7 Å². The van der Waals surface area contributed by atoms with Gasteiger partial charge in [0.25, 0.3) is 0 Å². The van der Waals surface area contributed by atoms with Gasteiger partial charge in [-0.1, -0.05) is 18.2 Å². The molecule has 2 unspecified atom stereocenters. The van der Waals surface area contributed by atoms with Crippen molar-refractivity contribution in [3.8, 4) is 0 Å². The number of fused-ring (bicyclic) bond motifs is 3. The Labute approximate surface area is 228 Å². The largest absolute Gasteiger partial charge is 0.426 e. The molecule has 2 aromatic carbocycles. The summed E-state index contributed by atoms with van der Waals surface area (Å²) in [5.74, 6) is -2.84. The van der Waals surface area contributed by atoms with Gasteiger partial charge in [-0.05, 0) is 86.4 Å². The van der Waals surface area contributed by atoms with Gasteiger partial charge in [-0.2, -0.15) is 13.2 Å². The topological polar surface area (TPSA) is 83.6 Å².